The molecule has 0 aromatic carbocycles. The van der Waals surface area contributed by atoms with Gasteiger partial charge in [0, 0.05) is 24.8 Å². The predicted molar refractivity (Wildman–Crippen MR) is 72.6 cm³/mol. The van der Waals surface area contributed by atoms with Gasteiger partial charge in [0.05, 0.1) is 42.1 Å². The van der Waals surface area contributed by atoms with E-state index in [2.05, 4.69) is 10.3 Å². The fourth-order valence-corrected chi connectivity index (χ4v) is 2.21. The summed E-state index contributed by atoms with van der Waals surface area (Å²) in [5, 5.41) is 14.2. The second kappa shape index (κ2) is 6.74. The van der Waals surface area contributed by atoms with Gasteiger partial charge >= 0.3 is 0 Å². The van der Waals surface area contributed by atoms with Crippen LogP contribution in [-0.4, -0.2) is 42.3 Å². The predicted octanol–water partition coefficient (Wildman–Crippen LogP) is 1.11. The summed E-state index contributed by atoms with van der Waals surface area (Å²) in [6.07, 6.45) is 1.55. The van der Waals surface area contributed by atoms with Gasteiger partial charge in [0.1, 0.15) is 0 Å². The lowest BCUT2D eigenvalue weighted by molar-refractivity contribution is -0.386. The van der Waals surface area contributed by atoms with Crippen LogP contribution in [0.4, 0.5) is 5.69 Å². The van der Waals surface area contributed by atoms with E-state index >= 15 is 0 Å². The Morgan fingerprint density at radius 3 is 3.05 bits per heavy atom. The minimum absolute atomic E-state index is 0.0319. The molecule has 0 bridgehead atoms. The van der Waals surface area contributed by atoms with E-state index in [-0.39, 0.29) is 23.3 Å². The minimum Gasteiger partial charge on any atom is -0.373 e. The summed E-state index contributed by atoms with van der Waals surface area (Å²) in [6, 6.07) is 0. The third-order valence-corrected chi connectivity index (χ3v) is 3.31. The average Bonchev–Trinajstić information content (AvgIpc) is 2.42. The normalized spacial score (nSPS) is 19.0. The quantitative estimate of drug-likeness (QED) is 0.642. The lowest BCUT2D eigenvalue weighted by Gasteiger charge is -2.23. The second-order valence-corrected chi connectivity index (χ2v) is 4.83. The molecule has 110 valence electrons. The van der Waals surface area contributed by atoms with Gasteiger partial charge < -0.3 is 14.8 Å². The summed E-state index contributed by atoms with van der Waals surface area (Å²) in [4.78, 5) is 14.9. The first-order valence-electron chi connectivity index (χ1n) is 6.59. The number of morpholine rings is 1. The molecule has 0 aliphatic carbocycles. The number of pyridine rings is 1. The zero-order valence-electron chi connectivity index (χ0n) is 11.7. The van der Waals surface area contributed by atoms with Crippen LogP contribution < -0.4 is 5.32 Å². The maximum Gasteiger partial charge on any atom is 0.278 e. The van der Waals surface area contributed by atoms with Crippen LogP contribution in [0.25, 0.3) is 0 Å². The van der Waals surface area contributed by atoms with Crippen LogP contribution in [0, 0.1) is 24.0 Å². The topological polar surface area (TPSA) is 86.5 Å². The fourth-order valence-electron chi connectivity index (χ4n) is 2.21. The highest BCUT2D eigenvalue weighted by Crippen LogP contribution is 2.24. The summed E-state index contributed by atoms with van der Waals surface area (Å²) in [7, 11) is 0. The van der Waals surface area contributed by atoms with Gasteiger partial charge in [-0.15, -0.1) is 0 Å². The van der Waals surface area contributed by atoms with Gasteiger partial charge in [0.25, 0.3) is 5.69 Å². The molecule has 1 fully saturated rings. The number of aryl methyl sites for hydroxylation is 1. The maximum atomic E-state index is 11.0. The summed E-state index contributed by atoms with van der Waals surface area (Å²) in [5.41, 5.74) is 1.86. The zero-order valence-corrected chi connectivity index (χ0v) is 11.7. The van der Waals surface area contributed by atoms with Crippen molar-refractivity contribution >= 4 is 5.69 Å². The van der Waals surface area contributed by atoms with E-state index in [4.69, 9.17) is 9.47 Å². The number of aromatic nitrogens is 1. The van der Waals surface area contributed by atoms with Gasteiger partial charge in [-0.2, -0.15) is 0 Å². The Morgan fingerprint density at radius 1 is 1.60 bits per heavy atom. The number of nitrogens with one attached hydrogen (secondary N) is 1. The third kappa shape index (κ3) is 3.50. The molecule has 1 aromatic rings. The lowest BCUT2D eigenvalue weighted by Crippen LogP contribution is -2.41. The van der Waals surface area contributed by atoms with Crippen molar-refractivity contribution in [1.82, 2.24) is 10.3 Å². The first kappa shape index (κ1) is 14.8. The van der Waals surface area contributed by atoms with Crippen LogP contribution in [0.5, 0.6) is 0 Å². The van der Waals surface area contributed by atoms with E-state index in [1.54, 1.807) is 13.8 Å². The first-order chi connectivity index (χ1) is 9.59. The average molecular weight is 281 g/mol. The van der Waals surface area contributed by atoms with Gasteiger partial charge in [-0.05, 0) is 13.8 Å². The highest BCUT2D eigenvalue weighted by atomic mass is 16.6. The second-order valence-electron chi connectivity index (χ2n) is 4.83. The van der Waals surface area contributed by atoms with Crippen LogP contribution in [0.3, 0.4) is 0 Å². The smallest absolute Gasteiger partial charge is 0.278 e. The number of ether oxygens (including phenoxy) is 2. The van der Waals surface area contributed by atoms with E-state index in [1.165, 1.54) is 6.20 Å². The Morgan fingerprint density at radius 2 is 2.40 bits per heavy atom. The number of nitro groups is 1. The van der Waals surface area contributed by atoms with Crippen LogP contribution in [0.15, 0.2) is 6.20 Å². The molecule has 2 heterocycles. The lowest BCUT2D eigenvalue weighted by atomic mass is 10.1. The monoisotopic (exact) mass is 281 g/mol. The van der Waals surface area contributed by atoms with E-state index in [0.29, 0.717) is 30.0 Å². The molecule has 7 nitrogen and oxygen atoms in total. The van der Waals surface area contributed by atoms with Gasteiger partial charge in [0.15, 0.2) is 0 Å². The molecule has 1 aliphatic rings. The molecule has 1 unspecified atom stereocenters. The number of hydrogen-bond acceptors (Lipinski definition) is 6. The van der Waals surface area contributed by atoms with Crippen LogP contribution in [0.2, 0.25) is 0 Å². The first-order valence-corrected chi connectivity index (χ1v) is 6.59. The van der Waals surface area contributed by atoms with Crippen molar-refractivity contribution in [2.45, 2.75) is 26.6 Å². The maximum absolute atomic E-state index is 11.0. The highest BCUT2D eigenvalue weighted by Gasteiger charge is 2.19. The Hall–Kier alpha value is -1.57. The Bertz CT molecular complexity index is 487. The number of rotatable bonds is 5. The van der Waals surface area contributed by atoms with Crippen molar-refractivity contribution in [3.05, 3.63) is 33.1 Å². The van der Waals surface area contributed by atoms with Crippen LogP contribution >= 0.6 is 0 Å². The summed E-state index contributed by atoms with van der Waals surface area (Å²) >= 11 is 0. The van der Waals surface area contributed by atoms with Crippen molar-refractivity contribution in [2.75, 3.05) is 26.3 Å². The number of nitrogens with zero attached hydrogens (tertiary/aromatic N) is 2. The van der Waals surface area contributed by atoms with Crippen molar-refractivity contribution in [2.24, 2.45) is 0 Å². The Balaban J connectivity index is 1.95. The molecule has 1 atom stereocenters. The molecule has 0 amide bonds. The summed E-state index contributed by atoms with van der Waals surface area (Å²) in [5.74, 6) is 0. The van der Waals surface area contributed by atoms with Gasteiger partial charge in [-0.1, -0.05) is 0 Å². The largest absolute Gasteiger partial charge is 0.373 e. The molecule has 1 N–H and O–H groups in total. The molecule has 7 heteroatoms. The molecule has 0 radical (unpaired) electrons. The highest BCUT2D eigenvalue weighted by molar-refractivity contribution is 5.47. The van der Waals surface area contributed by atoms with Crippen LogP contribution in [0.1, 0.15) is 16.8 Å². The Labute approximate surface area is 117 Å². The zero-order chi connectivity index (χ0) is 14.5. The van der Waals surface area contributed by atoms with Crippen molar-refractivity contribution < 1.29 is 14.4 Å². The molecule has 1 saturated heterocycles. The van der Waals surface area contributed by atoms with E-state index in [9.17, 15) is 10.1 Å². The van der Waals surface area contributed by atoms with E-state index in [0.717, 1.165) is 13.1 Å². The van der Waals surface area contributed by atoms with Crippen molar-refractivity contribution in [3.63, 3.8) is 0 Å². The molecule has 2 rings (SSSR count). The molecule has 1 aromatic heterocycles. The molecule has 0 saturated carbocycles. The molecule has 0 spiro atoms. The van der Waals surface area contributed by atoms with Gasteiger partial charge in [0.2, 0.25) is 0 Å². The standard InChI is InChI=1S/C13H19N3O4/c1-9-5-15-12(10(2)13(9)16(17)18)8-19-7-11-6-14-3-4-20-11/h5,11,14H,3-4,6-8H2,1-2H3. The third-order valence-electron chi connectivity index (χ3n) is 3.31. The molecule has 1 aliphatic heterocycles. The fraction of sp³-hybridized carbons (Fsp3) is 0.615. The van der Waals surface area contributed by atoms with E-state index in [1.807, 2.05) is 0 Å². The SMILES string of the molecule is Cc1cnc(COCC2CNCCO2)c(C)c1[N+](=O)[O-]. The van der Waals surface area contributed by atoms with Crippen molar-refractivity contribution in [1.29, 1.82) is 0 Å². The van der Waals surface area contributed by atoms with Crippen molar-refractivity contribution in [3.8, 4) is 0 Å². The summed E-state index contributed by atoms with van der Waals surface area (Å²) < 4.78 is 11.1. The van der Waals surface area contributed by atoms with Crippen LogP contribution in [-0.2, 0) is 16.1 Å². The molecular weight excluding hydrogens is 262 g/mol. The number of hydrogen-bond donors (Lipinski definition) is 1. The Kier molecular flexibility index (Phi) is 4.99. The van der Waals surface area contributed by atoms with E-state index < -0.39 is 0 Å². The summed E-state index contributed by atoms with van der Waals surface area (Å²) in [6.45, 7) is 6.41. The van der Waals surface area contributed by atoms with Gasteiger partial charge in [-0.3, -0.25) is 15.1 Å². The van der Waals surface area contributed by atoms with Gasteiger partial charge in [-0.25, -0.2) is 0 Å². The minimum atomic E-state index is -0.371. The molecular formula is C13H19N3O4. The molecule has 20 heavy (non-hydrogen) atoms.